The number of fused-ring (bicyclic) bond motifs is 7. The van der Waals surface area contributed by atoms with E-state index in [1.165, 1.54) is 0 Å². The fourth-order valence-electron chi connectivity index (χ4n) is 3.45. The number of aromatic nitrogens is 2. The number of benzene rings is 4. The molecule has 0 saturated heterocycles. The molecule has 0 bridgehead atoms. The number of hydrogen-bond acceptors (Lipinski definition) is 4. The van der Waals surface area contributed by atoms with Crippen molar-refractivity contribution in [2.24, 2.45) is 0 Å². The number of halogens is 9. The molecule has 0 aliphatic carbocycles. The summed E-state index contributed by atoms with van der Waals surface area (Å²) in [7, 11) is -12.0. The molecule has 0 fully saturated rings. The van der Waals surface area contributed by atoms with Gasteiger partial charge in [-0.2, -0.15) is 0 Å². The van der Waals surface area contributed by atoms with Gasteiger partial charge >= 0.3 is 25.9 Å². The molecule has 0 aliphatic rings. The second-order valence-electron chi connectivity index (χ2n) is 7.20. The molecule has 0 saturated carbocycles. The van der Waals surface area contributed by atoms with Gasteiger partial charge in [-0.1, -0.05) is 11.6 Å². The van der Waals surface area contributed by atoms with E-state index in [1.54, 1.807) is 36.4 Å². The maximum atomic E-state index is 9.75. The van der Waals surface area contributed by atoms with Crippen molar-refractivity contribution in [3.05, 3.63) is 69.6 Å². The number of rotatable bonds is 0. The standard InChI is InChI=1S/C20H9ClN6.2BF4/c21-10-1-6-17-18(7-10)25-20-16-9-12(27-23)3-5-14(16)13-4-2-11(26-22)8-15(13)19(20)24-17;2*2-1(3,4)5/h1-9H;;/q+2;2*-1. The van der Waals surface area contributed by atoms with Crippen LogP contribution in [0.1, 0.15) is 0 Å². The molecule has 1 aromatic heterocycles. The Balaban J connectivity index is 0.000000327. The Labute approximate surface area is 206 Å². The molecular formula is C20H9B2ClF8N6. The summed E-state index contributed by atoms with van der Waals surface area (Å²) in [6.07, 6.45) is 0. The minimum absolute atomic E-state index is 0.429. The molecule has 4 aromatic carbocycles. The van der Waals surface area contributed by atoms with Crippen LogP contribution < -0.4 is 0 Å². The lowest BCUT2D eigenvalue weighted by Crippen LogP contribution is -2.02. The molecule has 0 N–H and O–H groups in total. The SMILES string of the molecule is F[B-](F)(F)F.F[B-](F)(F)F.N#[N+]c1ccc2c3ccc([N+]#N)cc3c3nc4cc(Cl)ccc4nc3c2c1. The van der Waals surface area contributed by atoms with Crippen LogP contribution in [0.25, 0.3) is 53.6 Å². The van der Waals surface area contributed by atoms with Gasteiger partial charge in [-0.3, -0.25) is 0 Å². The zero-order chi connectivity index (χ0) is 27.5. The monoisotopic (exact) mass is 542 g/mol. The minimum atomic E-state index is -6.00. The molecule has 0 atom stereocenters. The Morgan fingerprint density at radius 1 is 0.568 bits per heavy atom. The minimum Gasteiger partial charge on any atom is -0.418 e. The van der Waals surface area contributed by atoms with Crippen molar-refractivity contribution in [1.29, 1.82) is 10.8 Å². The molecular weight excluding hydrogens is 533 g/mol. The third-order valence-electron chi connectivity index (χ3n) is 4.66. The van der Waals surface area contributed by atoms with E-state index in [0.717, 1.165) is 21.5 Å². The van der Waals surface area contributed by atoms with Crippen molar-refractivity contribution in [2.45, 2.75) is 0 Å². The van der Waals surface area contributed by atoms with Crippen LogP contribution in [0.4, 0.5) is 45.9 Å². The molecule has 0 radical (unpaired) electrons. The van der Waals surface area contributed by atoms with Crippen LogP contribution in [0.3, 0.4) is 0 Å². The summed E-state index contributed by atoms with van der Waals surface area (Å²) in [4.78, 5) is 16.2. The maximum absolute atomic E-state index is 9.75. The van der Waals surface area contributed by atoms with Crippen LogP contribution in [0.15, 0.2) is 54.6 Å². The lowest BCUT2D eigenvalue weighted by molar-refractivity contribution is 0.366. The highest BCUT2D eigenvalue weighted by atomic mass is 35.5. The highest BCUT2D eigenvalue weighted by Crippen LogP contribution is 2.37. The summed E-state index contributed by atoms with van der Waals surface area (Å²) in [6.45, 7) is 0. The fraction of sp³-hybridized carbons (Fsp3) is 0. The Kier molecular flexibility index (Phi) is 7.64. The molecule has 0 aliphatic heterocycles. The Hall–Kier alpha value is -4.30. The molecule has 1 heterocycles. The van der Waals surface area contributed by atoms with Gasteiger partial charge in [0.05, 0.1) is 22.1 Å². The lowest BCUT2D eigenvalue weighted by atomic mass is 9.98. The summed E-state index contributed by atoms with van der Waals surface area (Å²) >= 11 is 6.11. The van der Waals surface area contributed by atoms with E-state index in [2.05, 4.69) is 9.95 Å². The van der Waals surface area contributed by atoms with Crippen LogP contribution in [-0.2, 0) is 0 Å². The van der Waals surface area contributed by atoms with Crippen LogP contribution in [0.2, 0.25) is 5.02 Å². The van der Waals surface area contributed by atoms with Gasteiger partial charge in [0, 0.05) is 40.1 Å². The summed E-state index contributed by atoms with van der Waals surface area (Å²) in [5.74, 6) is 0. The highest BCUT2D eigenvalue weighted by Gasteiger charge is 2.21. The first-order valence-electron chi connectivity index (χ1n) is 9.89. The summed E-state index contributed by atoms with van der Waals surface area (Å²) in [6, 6.07) is 16.1. The average Bonchev–Trinajstić information content (AvgIpc) is 2.80. The highest BCUT2D eigenvalue weighted by molar-refractivity contribution is 6.50. The lowest BCUT2D eigenvalue weighted by Gasteiger charge is -2.09. The maximum Gasteiger partial charge on any atom is 0.673 e. The van der Waals surface area contributed by atoms with Gasteiger partial charge in [0.1, 0.15) is 0 Å². The van der Waals surface area contributed by atoms with Crippen molar-refractivity contribution < 1.29 is 34.5 Å². The van der Waals surface area contributed by atoms with E-state index >= 15 is 0 Å². The summed E-state index contributed by atoms with van der Waals surface area (Å²) < 4.78 is 78.0. The summed E-state index contributed by atoms with van der Waals surface area (Å²) in [5, 5.41) is 22.5. The first-order chi connectivity index (χ1) is 17.2. The molecule has 5 aromatic rings. The largest absolute Gasteiger partial charge is 0.673 e. The van der Waals surface area contributed by atoms with Gasteiger partial charge in [0.25, 0.3) is 0 Å². The van der Waals surface area contributed by atoms with Gasteiger partial charge in [0.15, 0.2) is 9.95 Å². The normalized spacial score (nSPS) is 11.3. The van der Waals surface area contributed by atoms with Crippen molar-refractivity contribution in [3.8, 4) is 0 Å². The van der Waals surface area contributed by atoms with Crippen LogP contribution in [0.5, 0.6) is 0 Å². The Morgan fingerprint density at radius 3 is 1.38 bits per heavy atom. The smallest absolute Gasteiger partial charge is 0.418 e. The van der Waals surface area contributed by atoms with Gasteiger partial charge in [-0.05, 0) is 41.1 Å². The van der Waals surface area contributed by atoms with E-state index in [4.69, 9.17) is 21.6 Å². The molecule has 17 heteroatoms. The molecule has 0 unspecified atom stereocenters. The van der Waals surface area contributed by atoms with Crippen molar-refractivity contribution in [3.63, 3.8) is 0 Å². The first kappa shape index (κ1) is 27.3. The van der Waals surface area contributed by atoms with E-state index in [-0.39, 0.29) is 0 Å². The third-order valence-corrected chi connectivity index (χ3v) is 4.90. The predicted octanol–water partition coefficient (Wildman–Crippen LogP) is 9.31. The van der Waals surface area contributed by atoms with E-state index in [1.807, 2.05) is 18.2 Å². The van der Waals surface area contributed by atoms with Gasteiger partial charge in [-0.15, -0.1) is 0 Å². The molecule has 37 heavy (non-hydrogen) atoms. The van der Waals surface area contributed by atoms with E-state index in [9.17, 15) is 45.3 Å². The Morgan fingerprint density at radius 2 is 0.973 bits per heavy atom. The van der Waals surface area contributed by atoms with Crippen molar-refractivity contribution in [1.82, 2.24) is 9.97 Å². The van der Waals surface area contributed by atoms with Crippen LogP contribution >= 0.6 is 11.6 Å². The summed E-state index contributed by atoms with van der Waals surface area (Å²) in [5.41, 5.74) is 3.58. The van der Waals surface area contributed by atoms with Gasteiger partial charge < -0.3 is 34.5 Å². The van der Waals surface area contributed by atoms with Crippen molar-refractivity contribution >= 4 is 81.1 Å². The van der Waals surface area contributed by atoms with E-state index < -0.39 is 14.5 Å². The zero-order valence-electron chi connectivity index (χ0n) is 17.9. The van der Waals surface area contributed by atoms with E-state index in [0.29, 0.717) is 38.5 Å². The molecule has 5 rings (SSSR count). The predicted molar refractivity (Wildman–Crippen MR) is 127 cm³/mol. The quantitative estimate of drug-likeness (QED) is 0.0642. The first-order valence-corrected chi connectivity index (χ1v) is 10.3. The van der Waals surface area contributed by atoms with Gasteiger partial charge in [-0.25, -0.2) is 9.97 Å². The fourth-order valence-corrected chi connectivity index (χ4v) is 3.62. The molecule has 0 spiro atoms. The molecule has 6 nitrogen and oxygen atoms in total. The number of nitrogens with zero attached hydrogens (tertiary/aromatic N) is 6. The molecule has 0 amide bonds. The second-order valence-corrected chi connectivity index (χ2v) is 7.64. The molecule has 188 valence electrons. The van der Waals surface area contributed by atoms with Crippen LogP contribution in [-0.4, -0.2) is 24.5 Å². The average molecular weight is 542 g/mol. The Bertz CT molecular complexity index is 1710. The third kappa shape index (κ3) is 7.11. The number of hydrogen-bond donors (Lipinski definition) is 0. The van der Waals surface area contributed by atoms with Crippen molar-refractivity contribution in [2.75, 3.05) is 0 Å². The topological polar surface area (TPSA) is 82.1 Å². The van der Waals surface area contributed by atoms with Gasteiger partial charge in [0.2, 0.25) is 10.8 Å². The van der Waals surface area contributed by atoms with Crippen LogP contribution in [0, 0.1) is 10.8 Å². The second kappa shape index (κ2) is 10.4. The zero-order valence-corrected chi connectivity index (χ0v) is 18.7. The number of diazo groups is 2.